The number of pyridine rings is 1. The molecular formula is C12H15ClN2OS. The van der Waals surface area contributed by atoms with Gasteiger partial charge >= 0.3 is 0 Å². The van der Waals surface area contributed by atoms with E-state index in [0.717, 1.165) is 6.54 Å². The average Bonchev–Trinajstić information content (AvgIpc) is 2.38. The number of amides is 1. The van der Waals surface area contributed by atoms with Gasteiger partial charge < -0.3 is 5.32 Å². The number of hydrogen-bond donors (Lipinski definition) is 1. The number of carbonyl (C=O) groups is 1. The van der Waals surface area contributed by atoms with E-state index in [0.29, 0.717) is 16.5 Å². The van der Waals surface area contributed by atoms with Crippen LogP contribution in [0.4, 0.5) is 0 Å². The minimum absolute atomic E-state index is 0.101. The molecule has 1 aliphatic heterocycles. The molecule has 1 amide bonds. The van der Waals surface area contributed by atoms with E-state index in [1.807, 2.05) is 11.8 Å². The standard InChI is InChI=1S/C12H15ClN2OS/c13-11-8-14-4-1-10(11)12(16)15-7-9-2-5-17-6-3-9/h1,4,8-9H,2-3,5-7H2,(H,15,16). The topological polar surface area (TPSA) is 42.0 Å². The predicted octanol–water partition coefficient (Wildman–Crippen LogP) is 2.61. The fourth-order valence-corrected chi connectivity index (χ4v) is 3.25. The van der Waals surface area contributed by atoms with Crippen molar-refractivity contribution in [2.75, 3.05) is 18.1 Å². The Morgan fingerprint density at radius 3 is 3.00 bits per heavy atom. The van der Waals surface area contributed by atoms with E-state index in [-0.39, 0.29) is 5.91 Å². The Hall–Kier alpha value is -0.740. The molecule has 1 fully saturated rings. The van der Waals surface area contributed by atoms with Crippen LogP contribution in [0.25, 0.3) is 0 Å². The van der Waals surface area contributed by atoms with Crippen molar-refractivity contribution in [2.45, 2.75) is 12.8 Å². The molecule has 0 saturated carbocycles. The molecule has 1 aliphatic rings. The first-order valence-corrected chi connectivity index (χ1v) is 7.26. The van der Waals surface area contributed by atoms with Gasteiger partial charge in [0.05, 0.1) is 10.6 Å². The summed E-state index contributed by atoms with van der Waals surface area (Å²) in [5.74, 6) is 2.92. The normalized spacial score (nSPS) is 16.8. The second kappa shape index (κ2) is 6.26. The molecule has 0 aliphatic carbocycles. The molecule has 0 unspecified atom stereocenters. The number of thioether (sulfide) groups is 1. The number of nitrogens with one attached hydrogen (secondary N) is 1. The molecule has 1 aromatic heterocycles. The summed E-state index contributed by atoms with van der Waals surface area (Å²) in [5.41, 5.74) is 0.506. The molecule has 2 heterocycles. The number of aromatic nitrogens is 1. The molecular weight excluding hydrogens is 256 g/mol. The number of carbonyl (C=O) groups excluding carboxylic acids is 1. The van der Waals surface area contributed by atoms with Gasteiger partial charge in [-0.05, 0) is 36.3 Å². The highest BCUT2D eigenvalue weighted by atomic mass is 35.5. The van der Waals surface area contributed by atoms with Crippen molar-refractivity contribution in [3.63, 3.8) is 0 Å². The lowest BCUT2D eigenvalue weighted by molar-refractivity contribution is 0.0946. The van der Waals surface area contributed by atoms with Crippen molar-refractivity contribution in [3.05, 3.63) is 29.0 Å². The maximum Gasteiger partial charge on any atom is 0.252 e. The van der Waals surface area contributed by atoms with E-state index < -0.39 is 0 Å². The molecule has 17 heavy (non-hydrogen) atoms. The zero-order valence-corrected chi connectivity index (χ0v) is 11.1. The van der Waals surface area contributed by atoms with Gasteiger partial charge in [-0.25, -0.2) is 0 Å². The van der Waals surface area contributed by atoms with E-state index in [1.165, 1.54) is 30.5 Å². The van der Waals surface area contributed by atoms with Crippen molar-refractivity contribution in [1.29, 1.82) is 0 Å². The quantitative estimate of drug-likeness (QED) is 0.918. The van der Waals surface area contributed by atoms with Crippen molar-refractivity contribution in [3.8, 4) is 0 Å². The molecule has 0 radical (unpaired) electrons. The molecule has 3 nitrogen and oxygen atoms in total. The first-order valence-electron chi connectivity index (χ1n) is 5.73. The lowest BCUT2D eigenvalue weighted by Gasteiger charge is -2.21. The SMILES string of the molecule is O=C(NCC1CCSCC1)c1ccncc1Cl. The highest BCUT2D eigenvalue weighted by Crippen LogP contribution is 2.22. The van der Waals surface area contributed by atoms with Gasteiger partial charge in [0.2, 0.25) is 0 Å². The lowest BCUT2D eigenvalue weighted by Crippen LogP contribution is -2.31. The Morgan fingerprint density at radius 2 is 2.29 bits per heavy atom. The van der Waals surface area contributed by atoms with Gasteiger partial charge in [0.15, 0.2) is 0 Å². The maximum absolute atomic E-state index is 11.9. The molecule has 1 saturated heterocycles. The van der Waals surface area contributed by atoms with Crippen LogP contribution >= 0.6 is 23.4 Å². The van der Waals surface area contributed by atoms with Gasteiger partial charge in [-0.1, -0.05) is 11.6 Å². The summed E-state index contributed by atoms with van der Waals surface area (Å²) in [7, 11) is 0. The number of hydrogen-bond acceptors (Lipinski definition) is 3. The van der Waals surface area contributed by atoms with E-state index in [4.69, 9.17) is 11.6 Å². The Kier molecular flexibility index (Phi) is 4.68. The monoisotopic (exact) mass is 270 g/mol. The van der Waals surface area contributed by atoms with Crippen LogP contribution in [0.2, 0.25) is 5.02 Å². The minimum atomic E-state index is -0.101. The second-order valence-corrected chi connectivity index (χ2v) is 5.75. The summed E-state index contributed by atoms with van der Waals surface area (Å²) < 4.78 is 0. The van der Waals surface area contributed by atoms with Crippen molar-refractivity contribution in [1.82, 2.24) is 10.3 Å². The molecule has 0 bridgehead atoms. The zero-order valence-electron chi connectivity index (χ0n) is 9.49. The molecule has 1 N–H and O–H groups in total. The van der Waals surface area contributed by atoms with E-state index in [2.05, 4.69) is 10.3 Å². The van der Waals surface area contributed by atoms with Crippen LogP contribution in [0.3, 0.4) is 0 Å². The second-order valence-electron chi connectivity index (χ2n) is 4.12. The van der Waals surface area contributed by atoms with Crippen LogP contribution in [0.5, 0.6) is 0 Å². The van der Waals surface area contributed by atoms with E-state index in [1.54, 1.807) is 12.3 Å². The third-order valence-electron chi connectivity index (χ3n) is 2.91. The van der Waals surface area contributed by atoms with Crippen LogP contribution < -0.4 is 5.32 Å². The molecule has 92 valence electrons. The van der Waals surface area contributed by atoms with Crippen LogP contribution in [0.15, 0.2) is 18.5 Å². The first kappa shape index (κ1) is 12.7. The Balaban J connectivity index is 1.87. The summed E-state index contributed by atoms with van der Waals surface area (Å²) in [6.45, 7) is 0.748. The Bertz CT molecular complexity index is 394. The number of halogens is 1. The third kappa shape index (κ3) is 3.61. The van der Waals surface area contributed by atoms with Crippen molar-refractivity contribution < 1.29 is 4.79 Å². The van der Waals surface area contributed by atoms with Gasteiger partial charge in [0.1, 0.15) is 0 Å². The fraction of sp³-hybridized carbons (Fsp3) is 0.500. The van der Waals surface area contributed by atoms with Crippen LogP contribution in [0.1, 0.15) is 23.2 Å². The van der Waals surface area contributed by atoms with Crippen LogP contribution in [-0.2, 0) is 0 Å². The van der Waals surface area contributed by atoms with Crippen LogP contribution in [-0.4, -0.2) is 28.9 Å². The summed E-state index contributed by atoms with van der Waals surface area (Å²) in [6, 6.07) is 1.65. The Labute approximate surface area is 110 Å². The van der Waals surface area contributed by atoms with Gasteiger partial charge in [-0.2, -0.15) is 11.8 Å². The van der Waals surface area contributed by atoms with Gasteiger partial charge in [0.25, 0.3) is 5.91 Å². The zero-order chi connectivity index (χ0) is 12.1. The number of nitrogens with zero attached hydrogens (tertiary/aromatic N) is 1. The largest absolute Gasteiger partial charge is 0.352 e. The molecule has 1 aromatic rings. The highest BCUT2D eigenvalue weighted by Gasteiger charge is 2.16. The summed E-state index contributed by atoms with van der Waals surface area (Å²) >= 11 is 7.90. The van der Waals surface area contributed by atoms with Gasteiger partial charge in [-0.15, -0.1) is 0 Å². The minimum Gasteiger partial charge on any atom is -0.352 e. The molecule has 0 spiro atoms. The van der Waals surface area contributed by atoms with Gasteiger partial charge in [-0.3, -0.25) is 9.78 Å². The first-order chi connectivity index (χ1) is 8.27. The average molecular weight is 271 g/mol. The summed E-state index contributed by atoms with van der Waals surface area (Å²) in [4.78, 5) is 15.7. The molecule has 0 atom stereocenters. The summed E-state index contributed by atoms with van der Waals surface area (Å²) in [6.07, 6.45) is 5.45. The van der Waals surface area contributed by atoms with Gasteiger partial charge in [0, 0.05) is 18.9 Å². The number of rotatable bonds is 3. The molecule has 0 aromatic carbocycles. The summed E-state index contributed by atoms with van der Waals surface area (Å²) in [5, 5.41) is 3.36. The maximum atomic E-state index is 11.9. The highest BCUT2D eigenvalue weighted by molar-refractivity contribution is 7.99. The van der Waals surface area contributed by atoms with Crippen molar-refractivity contribution in [2.24, 2.45) is 5.92 Å². The third-order valence-corrected chi connectivity index (χ3v) is 4.26. The van der Waals surface area contributed by atoms with Crippen LogP contribution in [0, 0.1) is 5.92 Å². The van der Waals surface area contributed by atoms with Crippen molar-refractivity contribution >= 4 is 29.3 Å². The lowest BCUT2D eigenvalue weighted by atomic mass is 10.0. The molecule has 2 rings (SSSR count). The smallest absolute Gasteiger partial charge is 0.252 e. The Morgan fingerprint density at radius 1 is 1.53 bits per heavy atom. The van der Waals surface area contributed by atoms with E-state index in [9.17, 15) is 4.79 Å². The fourth-order valence-electron chi connectivity index (χ4n) is 1.84. The molecule has 5 heteroatoms. The van der Waals surface area contributed by atoms with E-state index >= 15 is 0 Å². The predicted molar refractivity (Wildman–Crippen MR) is 71.6 cm³/mol.